The first-order chi connectivity index (χ1) is 9.76. The van der Waals surface area contributed by atoms with Crippen LogP contribution in [0.3, 0.4) is 0 Å². The molecule has 1 unspecified atom stereocenters. The van der Waals surface area contributed by atoms with Gasteiger partial charge in [0.2, 0.25) is 5.91 Å². The van der Waals surface area contributed by atoms with E-state index >= 15 is 0 Å². The minimum atomic E-state index is -1.33. The van der Waals surface area contributed by atoms with Gasteiger partial charge in [0.1, 0.15) is 5.54 Å². The SMILES string of the molecule is CCC(C)(NC(=O)Nc1cccc(NC(C)=O)c1)C(=O)O. The number of carboxylic acid groups (broad SMARTS) is 1. The van der Waals surface area contributed by atoms with E-state index in [-0.39, 0.29) is 12.3 Å². The van der Waals surface area contributed by atoms with Crippen molar-refractivity contribution in [3.05, 3.63) is 24.3 Å². The van der Waals surface area contributed by atoms with Crippen LogP contribution in [-0.4, -0.2) is 28.6 Å². The van der Waals surface area contributed by atoms with Crippen molar-refractivity contribution in [1.29, 1.82) is 0 Å². The molecule has 0 heterocycles. The number of amides is 3. The number of anilines is 2. The number of hydrogen-bond acceptors (Lipinski definition) is 3. The molecule has 0 saturated heterocycles. The molecule has 0 fully saturated rings. The van der Waals surface area contributed by atoms with Gasteiger partial charge in [0, 0.05) is 18.3 Å². The maximum atomic E-state index is 11.9. The van der Waals surface area contributed by atoms with Crippen LogP contribution in [0.4, 0.5) is 16.2 Å². The molecule has 3 amide bonds. The molecule has 114 valence electrons. The van der Waals surface area contributed by atoms with Crippen molar-refractivity contribution in [3.63, 3.8) is 0 Å². The summed E-state index contributed by atoms with van der Waals surface area (Å²) in [6.45, 7) is 4.49. The lowest BCUT2D eigenvalue weighted by atomic mass is 10.00. The lowest BCUT2D eigenvalue weighted by Gasteiger charge is -2.24. The number of nitrogens with one attached hydrogen (secondary N) is 3. The molecular formula is C14H19N3O4. The van der Waals surface area contributed by atoms with Gasteiger partial charge in [-0.2, -0.15) is 0 Å². The lowest BCUT2D eigenvalue weighted by Crippen LogP contribution is -2.53. The highest BCUT2D eigenvalue weighted by Crippen LogP contribution is 2.16. The van der Waals surface area contributed by atoms with E-state index in [4.69, 9.17) is 5.11 Å². The predicted octanol–water partition coefficient (Wildman–Crippen LogP) is 2.02. The Kier molecular flexibility index (Phi) is 5.29. The van der Waals surface area contributed by atoms with Gasteiger partial charge in [0.25, 0.3) is 0 Å². The van der Waals surface area contributed by atoms with Crippen molar-refractivity contribution < 1.29 is 19.5 Å². The number of carboxylic acids is 1. The second-order valence-electron chi connectivity index (χ2n) is 4.83. The summed E-state index contributed by atoms with van der Waals surface area (Å²) in [5.41, 5.74) is -0.348. The number of urea groups is 1. The van der Waals surface area contributed by atoms with Crippen LogP contribution in [0.15, 0.2) is 24.3 Å². The summed E-state index contributed by atoms with van der Waals surface area (Å²) < 4.78 is 0. The van der Waals surface area contributed by atoms with Crippen molar-refractivity contribution in [3.8, 4) is 0 Å². The van der Waals surface area contributed by atoms with Crippen LogP contribution in [0, 0.1) is 0 Å². The molecule has 0 aromatic heterocycles. The monoisotopic (exact) mass is 293 g/mol. The van der Waals surface area contributed by atoms with Gasteiger partial charge in [-0.25, -0.2) is 9.59 Å². The molecule has 0 bridgehead atoms. The third kappa shape index (κ3) is 4.79. The van der Waals surface area contributed by atoms with E-state index in [1.807, 2.05) is 0 Å². The van der Waals surface area contributed by atoms with Crippen LogP contribution >= 0.6 is 0 Å². The highest BCUT2D eigenvalue weighted by atomic mass is 16.4. The Morgan fingerprint density at radius 2 is 1.76 bits per heavy atom. The number of carbonyl (C=O) groups is 3. The Morgan fingerprint density at radius 1 is 1.19 bits per heavy atom. The van der Waals surface area contributed by atoms with Gasteiger partial charge in [-0.15, -0.1) is 0 Å². The molecule has 1 aromatic carbocycles. The van der Waals surface area contributed by atoms with Crippen molar-refractivity contribution in [1.82, 2.24) is 5.32 Å². The zero-order valence-electron chi connectivity index (χ0n) is 12.2. The molecule has 1 aromatic rings. The largest absolute Gasteiger partial charge is 0.480 e. The van der Waals surface area contributed by atoms with Gasteiger partial charge in [-0.05, 0) is 31.5 Å². The molecular weight excluding hydrogens is 274 g/mol. The quantitative estimate of drug-likeness (QED) is 0.666. The third-order valence-electron chi connectivity index (χ3n) is 3.01. The van der Waals surface area contributed by atoms with Gasteiger partial charge in [0.15, 0.2) is 0 Å². The van der Waals surface area contributed by atoms with Crippen LogP contribution in [-0.2, 0) is 9.59 Å². The molecule has 0 aliphatic heterocycles. The fourth-order valence-corrected chi connectivity index (χ4v) is 1.58. The predicted molar refractivity (Wildman–Crippen MR) is 79.2 cm³/mol. The Bertz CT molecular complexity index is 559. The van der Waals surface area contributed by atoms with Gasteiger partial charge < -0.3 is 21.1 Å². The van der Waals surface area contributed by atoms with E-state index in [2.05, 4.69) is 16.0 Å². The van der Waals surface area contributed by atoms with E-state index in [1.165, 1.54) is 13.8 Å². The summed E-state index contributed by atoms with van der Waals surface area (Å²) in [4.78, 5) is 33.9. The van der Waals surface area contributed by atoms with Crippen molar-refractivity contribution in [2.24, 2.45) is 0 Å². The van der Waals surface area contributed by atoms with Gasteiger partial charge in [-0.1, -0.05) is 13.0 Å². The fourth-order valence-electron chi connectivity index (χ4n) is 1.58. The first-order valence-corrected chi connectivity index (χ1v) is 6.47. The molecule has 0 radical (unpaired) electrons. The maximum Gasteiger partial charge on any atom is 0.329 e. The van der Waals surface area contributed by atoms with Crippen molar-refractivity contribution >= 4 is 29.3 Å². The smallest absolute Gasteiger partial charge is 0.329 e. The average Bonchev–Trinajstić information content (AvgIpc) is 2.37. The molecule has 0 aliphatic rings. The zero-order valence-corrected chi connectivity index (χ0v) is 12.2. The molecule has 1 rings (SSSR count). The second-order valence-corrected chi connectivity index (χ2v) is 4.83. The first kappa shape index (κ1) is 16.5. The number of hydrogen-bond donors (Lipinski definition) is 4. The number of benzene rings is 1. The van der Waals surface area contributed by atoms with E-state index in [0.717, 1.165) is 0 Å². The standard InChI is InChI=1S/C14H19N3O4/c1-4-14(3,12(19)20)17-13(21)16-11-7-5-6-10(8-11)15-9(2)18/h5-8H,4H2,1-3H3,(H,15,18)(H,19,20)(H2,16,17,21). The zero-order chi connectivity index (χ0) is 16.0. The Labute approximate surface area is 122 Å². The molecule has 7 heteroatoms. The average molecular weight is 293 g/mol. The Morgan fingerprint density at radius 3 is 2.24 bits per heavy atom. The van der Waals surface area contributed by atoms with Gasteiger partial charge >= 0.3 is 12.0 Å². The maximum absolute atomic E-state index is 11.9. The van der Waals surface area contributed by atoms with E-state index in [0.29, 0.717) is 11.4 Å². The number of rotatable bonds is 5. The molecule has 4 N–H and O–H groups in total. The topological polar surface area (TPSA) is 108 Å². The number of carbonyl (C=O) groups excluding carboxylic acids is 2. The van der Waals surface area contributed by atoms with Crippen LogP contribution in [0.5, 0.6) is 0 Å². The van der Waals surface area contributed by atoms with E-state index < -0.39 is 17.5 Å². The molecule has 0 spiro atoms. The minimum absolute atomic E-state index is 0.221. The third-order valence-corrected chi connectivity index (χ3v) is 3.01. The minimum Gasteiger partial charge on any atom is -0.480 e. The highest BCUT2D eigenvalue weighted by Gasteiger charge is 2.32. The number of aliphatic carboxylic acids is 1. The van der Waals surface area contributed by atoms with Crippen LogP contribution in [0.1, 0.15) is 27.2 Å². The summed E-state index contributed by atoms with van der Waals surface area (Å²) in [6.07, 6.45) is 0.252. The highest BCUT2D eigenvalue weighted by molar-refractivity contribution is 5.95. The lowest BCUT2D eigenvalue weighted by molar-refractivity contribution is -0.143. The van der Waals surface area contributed by atoms with Crippen molar-refractivity contribution in [2.45, 2.75) is 32.7 Å². The van der Waals surface area contributed by atoms with E-state index in [1.54, 1.807) is 31.2 Å². The summed E-state index contributed by atoms with van der Waals surface area (Å²) in [6, 6.07) is 5.93. The summed E-state index contributed by atoms with van der Waals surface area (Å²) in [5, 5.41) is 16.6. The van der Waals surface area contributed by atoms with E-state index in [9.17, 15) is 14.4 Å². The molecule has 1 atom stereocenters. The first-order valence-electron chi connectivity index (χ1n) is 6.47. The summed E-state index contributed by atoms with van der Waals surface area (Å²) >= 11 is 0. The van der Waals surface area contributed by atoms with Crippen LogP contribution in [0.25, 0.3) is 0 Å². The Hall–Kier alpha value is -2.57. The van der Waals surface area contributed by atoms with Gasteiger partial charge in [0.05, 0.1) is 0 Å². The molecule has 0 aliphatic carbocycles. The summed E-state index contributed by atoms with van der Waals surface area (Å²) in [5.74, 6) is -1.33. The Balaban J connectivity index is 2.75. The second kappa shape index (κ2) is 6.74. The van der Waals surface area contributed by atoms with Gasteiger partial charge in [-0.3, -0.25) is 4.79 Å². The molecule has 21 heavy (non-hydrogen) atoms. The molecule has 7 nitrogen and oxygen atoms in total. The van der Waals surface area contributed by atoms with Crippen LogP contribution in [0.2, 0.25) is 0 Å². The normalized spacial score (nSPS) is 12.9. The van der Waals surface area contributed by atoms with Crippen molar-refractivity contribution in [2.75, 3.05) is 10.6 Å². The fraction of sp³-hybridized carbons (Fsp3) is 0.357. The summed E-state index contributed by atoms with van der Waals surface area (Å²) in [7, 11) is 0. The van der Waals surface area contributed by atoms with Crippen LogP contribution < -0.4 is 16.0 Å². The molecule has 0 saturated carbocycles.